The number of hydrogen-bond acceptors (Lipinski definition) is 4. The Morgan fingerprint density at radius 2 is 2.11 bits per heavy atom. The molecule has 0 saturated carbocycles. The fourth-order valence-corrected chi connectivity index (χ4v) is 3.16. The predicted octanol–water partition coefficient (Wildman–Crippen LogP) is 3.50. The first-order valence-electron chi connectivity index (χ1n) is 5.62. The van der Waals surface area contributed by atoms with Crippen molar-refractivity contribution in [1.82, 2.24) is 14.9 Å². The van der Waals surface area contributed by atoms with Gasteiger partial charge in [-0.25, -0.2) is 4.68 Å². The zero-order valence-electron chi connectivity index (χ0n) is 9.97. The van der Waals surface area contributed by atoms with Crippen molar-refractivity contribution in [2.45, 2.75) is 17.5 Å². The third-order valence-electron chi connectivity index (χ3n) is 2.70. The topological polar surface area (TPSA) is 42.7 Å². The fourth-order valence-electron chi connectivity index (χ4n) is 1.74. The summed E-state index contributed by atoms with van der Waals surface area (Å²) in [7, 11) is 0. The number of hydrogen-bond donors (Lipinski definition) is 1. The lowest BCUT2D eigenvalue weighted by Gasteiger charge is -2.07. The summed E-state index contributed by atoms with van der Waals surface area (Å²) in [5.74, 6) is 0.834. The lowest BCUT2D eigenvalue weighted by atomic mass is 10.2. The maximum Gasteiger partial charge on any atom is 0.212 e. The van der Waals surface area contributed by atoms with Gasteiger partial charge < -0.3 is 5.43 Å². The van der Waals surface area contributed by atoms with Gasteiger partial charge in [0.1, 0.15) is 11.2 Å². The maximum atomic E-state index is 6.31. The minimum Gasteiger partial charge on any atom is -0.305 e. The van der Waals surface area contributed by atoms with Crippen molar-refractivity contribution in [2.24, 2.45) is 0 Å². The van der Waals surface area contributed by atoms with Crippen molar-refractivity contribution in [3.63, 3.8) is 0 Å². The predicted molar refractivity (Wildman–Crippen MR) is 79.0 cm³/mol. The standard InChI is InChI=1S/C12H10Cl2N4S/c1-7-15-16-12-18(7)17-11(19-12)6-10(14)8-2-4-9(13)5-3-8/h2-6,11,17H,1H3/b10-6-. The highest BCUT2D eigenvalue weighted by atomic mass is 35.5. The van der Waals surface area contributed by atoms with Crippen LogP contribution in [0.2, 0.25) is 5.02 Å². The Kier molecular flexibility index (Phi) is 3.43. The molecule has 1 atom stereocenters. The molecule has 1 aliphatic heterocycles. The van der Waals surface area contributed by atoms with Crippen LogP contribution in [0, 0.1) is 6.92 Å². The van der Waals surface area contributed by atoms with Crippen LogP contribution < -0.4 is 5.43 Å². The summed E-state index contributed by atoms with van der Waals surface area (Å²) < 4.78 is 1.86. The Morgan fingerprint density at radius 3 is 2.79 bits per heavy atom. The number of nitrogens with one attached hydrogen (secondary N) is 1. The van der Waals surface area contributed by atoms with E-state index < -0.39 is 0 Å². The lowest BCUT2D eigenvalue weighted by Crippen LogP contribution is -2.17. The minimum absolute atomic E-state index is 0.0485. The zero-order valence-corrected chi connectivity index (χ0v) is 12.3. The van der Waals surface area contributed by atoms with Gasteiger partial charge in [-0.2, -0.15) is 0 Å². The second kappa shape index (κ2) is 5.07. The smallest absolute Gasteiger partial charge is 0.212 e. The first-order chi connectivity index (χ1) is 9.13. The van der Waals surface area contributed by atoms with E-state index in [1.807, 2.05) is 41.9 Å². The van der Waals surface area contributed by atoms with Crippen molar-refractivity contribution in [2.75, 3.05) is 5.43 Å². The van der Waals surface area contributed by atoms with Gasteiger partial charge >= 0.3 is 0 Å². The van der Waals surface area contributed by atoms with Crippen molar-refractivity contribution in [1.29, 1.82) is 0 Å². The molecule has 7 heteroatoms. The van der Waals surface area contributed by atoms with Crippen molar-refractivity contribution in [3.8, 4) is 0 Å². The van der Waals surface area contributed by atoms with E-state index in [0.717, 1.165) is 16.5 Å². The van der Waals surface area contributed by atoms with Crippen LogP contribution in [-0.4, -0.2) is 20.2 Å². The van der Waals surface area contributed by atoms with Crippen LogP contribution >= 0.6 is 35.0 Å². The van der Waals surface area contributed by atoms with Crippen molar-refractivity contribution in [3.05, 3.63) is 46.8 Å². The molecule has 2 aromatic rings. The first kappa shape index (κ1) is 12.8. The molecule has 0 saturated heterocycles. The van der Waals surface area contributed by atoms with E-state index in [4.69, 9.17) is 23.2 Å². The van der Waals surface area contributed by atoms with E-state index in [0.29, 0.717) is 10.1 Å². The Labute approximate surface area is 124 Å². The summed E-state index contributed by atoms with van der Waals surface area (Å²) in [5.41, 5.74) is 4.20. The van der Waals surface area contributed by atoms with Crippen molar-refractivity contribution >= 4 is 40.0 Å². The molecule has 19 heavy (non-hydrogen) atoms. The van der Waals surface area contributed by atoms with E-state index in [9.17, 15) is 0 Å². The summed E-state index contributed by atoms with van der Waals surface area (Å²) in [6.45, 7) is 1.90. The molecule has 1 N–H and O–H groups in total. The van der Waals surface area contributed by atoms with E-state index in [1.165, 1.54) is 0 Å². The Balaban J connectivity index is 1.78. The van der Waals surface area contributed by atoms with Gasteiger partial charge in [0.25, 0.3) is 0 Å². The molecule has 0 radical (unpaired) electrons. The van der Waals surface area contributed by atoms with E-state index in [1.54, 1.807) is 11.8 Å². The SMILES string of the molecule is Cc1nnc2n1NC(/C=C(\Cl)c1ccc(Cl)cc1)S2. The minimum atomic E-state index is 0.0485. The molecule has 0 spiro atoms. The molecule has 1 aliphatic rings. The summed E-state index contributed by atoms with van der Waals surface area (Å²) in [6, 6.07) is 7.43. The van der Waals surface area contributed by atoms with Gasteiger partial charge in [-0.05, 0) is 30.7 Å². The molecule has 0 amide bonds. The van der Waals surface area contributed by atoms with E-state index in [-0.39, 0.29) is 5.37 Å². The molecule has 0 fully saturated rings. The molecule has 2 heterocycles. The van der Waals surface area contributed by atoms with Gasteiger partial charge in [-0.1, -0.05) is 47.1 Å². The molecule has 0 aliphatic carbocycles. The van der Waals surface area contributed by atoms with Gasteiger partial charge in [-0.3, -0.25) is 0 Å². The molecule has 4 nitrogen and oxygen atoms in total. The largest absolute Gasteiger partial charge is 0.305 e. The highest BCUT2D eigenvalue weighted by molar-refractivity contribution is 8.00. The van der Waals surface area contributed by atoms with Gasteiger partial charge in [0.05, 0.1) is 0 Å². The second-order valence-corrected chi connectivity index (χ2v) is 6.01. The highest BCUT2D eigenvalue weighted by Gasteiger charge is 2.23. The van der Waals surface area contributed by atoms with Crippen LogP contribution in [0.25, 0.3) is 5.03 Å². The lowest BCUT2D eigenvalue weighted by molar-refractivity contribution is 0.781. The average Bonchev–Trinajstić information content (AvgIpc) is 2.93. The molecule has 1 aromatic heterocycles. The third kappa shape index (κ3) is 2.59. The van der Waals surface area contributed by atoms with Crippen LogP contribution in [0.15, 0.2) is 35.5 Å². The Morgan fingerprint density at radius 1 is 1.37 bits per heavy atom. The van der Waals surface area contributed by atoms with Gasteiger partial charge in [0, 0.05) is 10.1 Å². The van der Waals surface area contributed by atoms with Crippen LogP contribution in [0.4, 0.5) is 0 Å². The second-order valence-electron chi connectivity index (χ2n) is 4.05. The van der Waals surface area contributed by atoms with Crippen LogP contribution in [-0.2, 0) is 0 Å². The van der Waals surface area contributed by atoms with Gasteiger partial charge in [0.15, 0.2) is 0 Å². The Hall–Kier alpha value is -1.17. The molecular weight excluding hydrogens is 303 g/mol. The molecule has 0 bridgehead atoms. The monoisotopic (exact) mass is 312 g/mol. The van der Waals surface area contributed by atoms with Crippen LogP contribution in [0.3, 0.4) is 0 Å². The number of benzene rings is 1. The quantitative estimate of drug-likeness (QED) is 0.921. The van der Waals surface area contributed by atoms with E-state index in [2.05, 4.69) is 15.6 Å². The zero-order chi connectivity index (χ0) is 13.4. The normalized spacial score (nSPS) is 18.3. The molecular formula is C12H10Cl2N4S. The summed E-state index contributed by atoms with van der Waals surface area (Å²) in [5, 5.41) is 10.3. The first-order valence-corrected chi connectivity index (χ1v) is 7.25. The third-order valence-corrected chi connectivity index (χ3v) is 4.27. The summed E-state index contributed by atoms with van der Waals surface area (Å²) >= 11 is 13.7. The average molecular weight is 313 g/mol. The molecule has 98 valence electrons. The number of nitrogens with zero attached hydrogens (tertiary/aromatic N) is 3. The number of aryl methyl sites for hydroxylation is 1. The molecule has 1 aromatic carbocycles. The number of halogens is 2. The van der Waals surface area contributed by atoms with Crippen LogP contribution in [0.5, 0.6) is 0 Å². The number of thioether (sulfide) groups is 1. The van der Waals surface area contributed by atoms with Gasteiger partial charge in [-0.15, -0.1) is 10.2 Å². The maximum absolute atomic E-state index is 6.31. The molecule has 1 unspecified atom stereocenters. The number of rotatable bonds is 2. The number of fused-ring (bicyclic) bond motifs is 1. The van der Waals surface area contributed by atoms with E-state index >= 15 is 0 Å². The fraction of sp³-hybridized carbons (Fsp3) is 0.167. The van der Waals surface area contributed by atoms with Gasteiger partial charge in [0.2, 0.25) is 5.16 Å². The Bertz CT molecular complexity index is 636. The molecule has 3 rings (SSSR count). The summed E-state index contributed by atoms with van der Waals surface area (Å²) in [4.78, 5) is 0. The highest BCUT2D eigenvalue weighted by Crippen LogP contribution is 2.31. The summed E-state index contributed by atoms with van der Waals surface area (Å²) in [6.07, 6.45) is 1.95. The van der Waals surface area contributed by atoms with Crippen molar-refractivity contribution < 1.29 is 0 Å². The number of aromatic nitrogens is 3. The van der Waals surface area contributed by atoms with Crippen LogP contribution in [0.1, 0.15) is 11.4 Å².